The van der Waals surface area contributed by atoms with Crippen molar-refractivity contribution in [3.05, 3.63) is 0 Å². The van der Waals surface area contributed by atoms with Crippen molar-refractivity contribution < 1.29 is 44.7 Å². The van der Waals surface area contributed by atoms with Crippen LogP contribution in [-0.4, -0.2) is 73.6 Å². The summed E-state index contributed by atoms with van der Waals surface area (Å²) < 4.78 is 4.15. The van der Waals surface area contributed by atoms with Gasteiger partial charge in [0.05, 0.1) is 12.8 Å². The van der Waals surface area contributed by atoms with Gasteiger partial charge in [0.25, 0.3) is 0 Å². The Morgan fingerprint density at radius 1 is 0.864 bits per heavy atom. The molecule has 3 unspecified atom stereocenters. The van der Waals surface area contributed by atoms with Gasteiger partial charge in [0, 0.05) is 0 Å². The number of hydrogen-bond donors (Lipinski definition) is 5. The Labute approximate surface area is 127 Å². The molecule has 0 rings (SSSR count). The Hall–Kier alpha value is -1.75. The highest BCUT2D eigenvalue weighted by molar-refractivity contribution is 5.78. The van der Waals surface area contributed by atoms with Gasteiger partial charge in [-0.2, -0.15) is 0 Å². The molecule has 0 saturated heterocycles. The van der Waals surface area contributed by atoms with Crippen molar-refractivity contribution in [1.29, 1.82) is 0 Å². The standard InChI is InChI=1S/C6H15NO3.C6H8O6/c1-4(8)7(5(2)9)6(3)10;7-4(8)1-2-6(11)12-3-5(9)10/h4-6,8-10H,1-3H3;1-3H2,(H,7,8)(H,9,10). The average molecular weight is 325 g/mol. The molecular formula is C12H23NO9. The quantitative estimate of drug-likeness (QED) is 0.270. The van der Waals surface area contributed by atoms with E-state index in [2.05, 4.69) is 4.74 Å². The zero-order chi connectivity index (χ0) is 17.9. The maximum atomic E-state index is 10.5. The van der Waals surface area contributed by atoms with E-state index in [0.29, 0.717) is 0 Å². The van der Waals surface area contributed by atoms with Crippen LogP contribution >= 0.6 is 0 Å². The summed E-state index contributed by atoms with van der Waals surface area (Å²) in [6, 6.07) is 0. The van der Waals surface area contributed by atoms with Gasteiger partial charge in [0.2, 0.25) is 0 Å². The molecule has 0 fully saturated rings. The molecule has 0 aromatic carbocycles. The molecule has 3 atom stereocenters. The number of aliphatic hydroxyl groups is 3. The van der Waals surface area contributed by atoms with Gasteiger partial charge in [-0.05, 0) is 20.8 Å². The average Bonchev–Trinajstić information content (AvgIpc) is 2.32. The summed E-state index contributed by atoms with van der Waals surface area (Å²) in [7, 11) is 0. The molecule has 0 heterocycles. The molecule has 0 spiro atoms. The first-order valence-electron chi connectivity index (χ1n) is 6.39. The summed E-state index contributed by atoms with van der Waals surface area (Å²) in [5.74, 6) is -3.21. The van der Waals surface area contributed by atoms with E-state index in [-0.39, 0.29) is 12.8 Å². The van der Waals surface area contributed by atoms with Gasteiger partial charge in [-0.15, -0.1) is 0 Å². The highest BCUT2D eigenvalue weighted by Gasteiger charge is 2.20. The van der Waals surface area contributed by atoms with Crippen molar-refractivity contribution in [2.45, 2.75) is 52.3 Å². The Kier molecular flexibility index (Phi) is 12.1. The van der Waals surface area contributed by atoms with Crippen molar-refractivity contribution >= 4 is 17.9 Å². The van der Waals surface area contributed by atoms with Crippen LogP contribution in [0.5, 0.6) is 0 Å². The highest BCUT2D eigenvalue weighted by atomic mass is 16.5. The number of rotatable bonds is 8. The number of carbonyl (C=O) groups is 3. The Balaban J connectivity index is 0. The maximum Gasteiger partial charge on any atom is 0.341 e. The van der Waals surface area contributed by atoms with Gasteiger partial charge >= 0.3 is 17.9 Å². The van der Waals surface area contributed by atoms with Crippen LogP contribution in [0.4, 0.5) is 0 Å². The molecular weight excluding hydrogens is 302 g/mol. The molecule has 0 aromatic rings. The van der Waals surface area contributed by atoms with Crippen molar-refractivity contribution in [2.75, 3.05) is 6.61 Å². The molecule has 22 heavy (non-hydrogen) atoms. The van der Waals surface area contributed by atoms with Gasteiger partial charge in [-0.1, -0.05) is 0 Å². The minimum atomic E-state index is -1.27. The number of carbonyl (C=O) groups excluding carboxylic acids is 1. The summed E-state index contributed by atoms with van der Waals surface area (Å²) >= 11 is 0. The zero-order valence-corrected chi connectivity index (χ0v) is 12.7. The molecule has 0 aliphatic rings. The number of hydrogen-bond acceptors (Lipinski definition) is 8. The van der Waals surface area contributed by atoms with Crippen molar-refractivity contribution in [3.63, 3.8) is 0 Å². The van der Waals surface area contributed by atoms with E-state index in [1.807, 2.05) is 0 Å². The number of carboxylic acid groups (broad SMARTS) is 2. The van der Waals surface area contributed by atoms with E-state index in [1.165, 1.54) is 25.7 Å². The second-order valence-corrected chi connectivity index (χ2v) is 4.29. The van der Waals surface area contributed by atoms with Crippen molar-refractivity contribution in [1.82, 2.24) is 4.90 Å². The molecule has 10 heteroatoms. The smallest absolute Gasteiger partial charge is 0.341 e. The largest absolute Gasteiger partial charge is 0.481 e. The molecule has 130 valence electrons. The Morgan fingerprint density at radius 2 is 1.27 bits per heavy atom. The van der Waals surface area contributed by atoms with Crippen LogP contribution in [0.1, 0.15) is 33.6 Å². The normalized spacial score (nSPS) is 14.3. The first kappa shape index (κ1) is 22.5. The van der Waals surface area contributed by atoms with Crippen LogP contribution in [-0.2, 0) is 19.1 Å². The fourth-order valence-electron chi connectivity index (χ4n) is 1.36. The lowest BCUT2D eigenvalue weighted by Gasteiger charge is -2.30. The number of aliphatic carboxylic acids is 2. The summed E-state index contributed by atoms with van der Waals surface area (Å²) in [6.07, 6.45) is -3.15. The molecule has 0 amide bonds. The van der Waals surface area contributed by atoms with Crippen LogP contribution in [0, 0.1) is 0 Å². The molecule has 0 aliphatic heterocycles. The minimum absolute atomic E-state index is 0.303. The van der Waals surface area contributed by atoms with E-state index in [0.717, 1.165) is 0 Å². The third kappa shape index (κ3) is 13.2. The number of esters is 1. The molecule has 10 nitrogen and oxygen atoms in total. The summed E-state index contributed by atoms with van der Waals surface area (Å²) in [4.78, 5) is 31.4. The molecule has 0 bridgehead atoms. The van der Waals surface area contributed by atoms with E-state index in [9.17, 15) is 14.4 Å². The van der Waals surface area contributed by atoms with Crippen LogP contribution in [0.25, 0.3) is 0 Å². The topological polar surface area (TPSA) is 165 Å². The molecule has 0 saturated carbocycles. The number of carboxylic acids is 2. The van der Waals surface area contributed by atoms with Gasteiger partial charge in [-0.25, -0.2) is 9.69 Å². The van der Waals surface area contributed by atoms with Gasteiger partial charge in [0.1, 0.15) is 18.7 Å². The third-order valence-corrected chi connectivity index (χ3v) is 2.19. The maximum absolute atomic E-state index is 10.5. The van der Waals surface area contributed by atoms with E-state index < -0.39 is 43.2 Å². The van der Waals surface area contributed by atoms with Gasteiger partial charge in [0.15, 0.2) is 6.61 Å². The van der Waals surface area contributed by atoms with Crippen LogP contribution in [0.15, 0.2) is 0 Å². The molecule has 5 N–H and O–H groups in total. The number of ether oxygens (including phenoxy) is 1. The van der Waals surface area contributed by atoms with Gasteiger partial charge < -0.3 is 30.3 Å². The lowest BCUT2D eigenvalue weighted by molar-refractivity contribution is -0.159. The predicted molar refractivity (Wildman–Crippen MR) is 72.3 cm³/mol. The summed E-state index contributed by atoms with van der Waals surface area (Å²) in [5.41, 5.74) is 0. The lowest BCUT2D eigenvalue weighted by atomic mass is 10.3. The van der Waals surface area contributed by atoms with Crippen LogP contribution in [0.3, 0.4) is 0 Å². The van der Waals surface area contributed by atoms with Crippen molar-refractivity contribution in [3.8, 4) is 0 Å². The summed E-state index contributed by atoms with van der Waals surface area (Å²) in [6.45, 7) is 3.73. The number of nitrogens with zero attached hydrogens (tertiary/aromatic N) is 1. The van der Waals surface area contributed by atoms with E-state index in [1.54, 1.807) is 0 Å². The fraction of sp³-hybridized carbons (Fsp3) is 0.750. The monoisotopic (exact) mass is 325 g/mol. The Morgan fingerprint density at radius 3 is 1.50 bits per heavy atom. The number of aliphatic hydroxyl groups excluding tert-OH is 3. The first-order chi connectivity index (χ1) is 9.98. The van der Waals surface area contributed by atoms with Crippen LogP contribution < -0.4 is 0 Å². The van der Waals surface area contributed by atoms with Gasteiger partial charge in [-0.3, -0.25) is 9.59 Å². The summed E-state index contributed by atoms with van der Waals surface area (Å²) in [5, 5.41) is 43.0. The lowest BCUT2D eigenvalue weighted by Crippen LogP contribution is -2.45. The zero-order valence-electron chi connectivity index (χ0n) is 12.7. The van der Waals surface area contributed by atoms with Crippen LogP contribution in [0.2, 0.25) is 0 Å². The molecule has 0 aliphatic carbocycles. The molecule has 0 aromatic heterocycles. The second-order valence-electron chi connectivity index (χ2n) is 4.29. The highest BCUT2D eigenvalue weighted by Crippen LogP contribution is 2.04. The fourth-order valence-corrected chi connectivity index (χ4v) is 1.36. The first-order valence-corrected chi connectivity index (χ1v) is 6.39. The minimum Gasteiger partial charge on any atom is -0.481 e. The Bertz CT molecular complexity index is 315. The van der Waals surface area contributed by atoms with E-state index in [4.69, 9.17) is 25.5 Å². The predicted octanol–water partition coefficient (Wildman–Crippen LogP) is -1.22. The molecule has 0 radical (unpaired) electrons. The van der Waals surface area contributed by atoms with E-state index >= 15 is 0 Å². The SMILES string of the molecule is CC(O)N(C(C)O)C(C)O.O=C(O)CCC(=O)OCC(=O)O. The second kappa shape index (κ2) is 11.9. The van der Waals surface area contributed by atoms with Crippen molar-refractivity contribution in [2.24, 2.45) is 0 Å². The third-order valence-electron chi connectivity index (χ3n) is 2.19.